The van der Waals surface area contributed by atoms with E-state index in [2.05, 4.69) is 30.7 Å². The number of halogens is 4. The number of nitrogens with one attached hydrogen (secondary N) is 2. The summed E-state index contributed by atoms with van der Waals surface area (Å²) in [6.07, 6.45) is -3.13. The first kappa shape index (κ1) is 36.2. The van der Waals surface area contributed by atoms with Gasteiger partial charge in [0.25, 0.3) is 11.5 Å². The first-order valence-corrected chi connectivity index (χ1v) is 16.7. The number of alkyl halides is 3. The van der Waals surface area contributed by atoms with Crippen LogP contribution in [0.5, 0.6) is 5.75 Å². The van der Waals surface area contributed by atoms with Gasteiger partial charge in [-0.2, -0.15) is 22.7 Å². The summed E-state index contributed by atoms with van der Waals surface area (Å²) in [4.78, 5) is 56.9. The van der Waals surface area contributed by atoms with Crippen LogP contribution in [0.4, 0.5) is 24.5 Å². The summed E-state index contributed by atoms with van der Waals surface area (Å²) in [5.74, 6) is -1.10. The Morgan fingerprint density at radius 3 is 2.38 bits per heavy atom. The molecular formula is C34H34ClF3N10O4. The number of anilines is 2. The third-order valence-electron chi connectivity index (χ3n) is 8.72. The molecule has 1 fully saturated rings. The van der Waals surface area contributed by atoms with Crippen molar-refractivity contribution in [1.29, 1.82) is 0 Å². The monoisotopic (exact) mass is 738 g/mol. The zero-order valence-electron chi connectivity index (χ0n) is 28.3. The highest BCUT2D eigenvalue weighted by Gasteiger charge is 2.32. The molecule has 14 nitrogen and oxygen atoms in total. The van der Waals surface area contributed by atoms with E-state index in [9.17, 15) is 32.7 Å². The molecule has 3 aromatic heterocycles. The van der Waals surface area contributed by atoms with E-state index in [1.54, 1.807) is 11.5 Å². The molecule has 0 spiro atoms. The van der Waals surface area contributed by atoms with Crippen LogP contribution in [-0.2, 0) is 30.5 Å². The molecule has 1 aliphatic heterocycles. The summed E-state index contributed by atoms with van der Waals surface area (Å²) in [6, 6.07) is 10.1. The average Bonchev–Trinajstić information content (AvgIpc) is 3.57. The standard InChI is InChI=1S/C34H34ClF3N10O4/c1-4-25-28(45-11-13-46(14-12-45)31(51)27-29(50)19(2)40-18-41-27)32(52)48-33(43-30(44-48)21-7-5-20(6-8-21)16-39-3)47(25)17-26(49)42-24-10-9-22(15-23(24)35)34(36,37)38/h5-10,15,18,39,50H,4,11-14,16-17H2,1-3H3,(H,42,49). The molecule has 0 atom stereocenters. The zero-order chi connectivity index (χ0) is 37.3. The molecule has 2 aromatic carbocycles. The second-order valence-corrected chi connectivity index (χ2v) is 12.5. The van der Waals surface area contributed by atoms with E-state index in [4.69, 9.17) is 11.6 Å². The van der Waals surface area contributed by atoms with E-state index in [1.807, 2.05) is 43.1 Å². The van der Waals surface area contributed by atoms with Gasteiger partial charge in [-0.05, 0) is 44.2 Å². The lowest BCUT2D eigenvalue weighted by Crippen LogP contribution is -2.51. The van der Waals surface area contributed by atoms with Crippen molar-refractivity contribution in [3.63, 3.8) is 0 Å². The first-order chi connectivity index (χ1) is 24.8. The maximum Gasteiger partial charge on any atom is 0.416 e. The second-order valence-electron chi connectivity index (χ2n) is 12.1. The topological polar surface area (TPSA) is 163 Å². The van der Waals surface area contributed by atoms with E-state index in [1.165, 1.54) is 11.2 Å². The highest BCUT2D eigenvalue weighted by molar-refractivity contribution is 6.33. The highest BCUT2D eigenvalue weighted by Crippen LogP contribution is 2.34. The summed E-state index contributed by atoms with van der Waals surface area (Å²) in [6.45, 7) is 4.47. The molecule has 3 N–H and O–H groups in total. The van der Waals surface area contributed by atoms with Crippen LogP contribution < -0.4 is 21.1 Å². The van der Waals surface area contributed by atoms with Gasteiger partial charge < -0.3 is 30.1 Å². The second kappa shape index (κ2) is 14.6. The van der Waals surface area contributed by atoms with Crippen molar-refractivity contribution in [2.45, 2.75) is 39.5 Å². The molecule has 1 aliphatic rings. The predicted molar refractivity (Wildman–Crippen MR) is 186 cm³/mol. The van der Waals surface area contributed by atoms with Gasteiger partial charge in [0, 0.05) is 38.3 Å². The van der Waals surface area contributed by atoms with Gasteiger partial charge in [0.2, 0.25) is 11.7 Å². The van der Waals surface area contributed by atoms with Crippen LogP contribution in [-0.4, -0.2) is 84.2 Å². The molecule has 4 heterocycles. The Balaban J connectivity index is 1.37. The van der Waals surface area contributed by atoms with Gasteiger partial charge in [-0.15, -0.1) is 5.10 Å². The first-order valence-electron chi connectivity index (χ1n) is 16.3. The van der Waals surface area contributed by atoms with Gasteiger partial charge in [-0.3, -0.25) is 14.4 Å². The van der Waals surface area contributed by atoms with E-state index < -0.39 is 29.1 Å². The van der Waals surface area contributed by atoms with E-state index in [0.717, 1.165) is 28.3 Å². The number of hydrogen-bond acceptors (Lipinski definition) is 10. The van der Waals surface area contributed by atoms with Crippen LogP contribution in [0.1, 0.15) is 39.9 Å². The number of fused-ring (bicyclic) bond motifs is 1. The number of hydrogen-bond donors (Lipinski definition) is 3. The molecule has 0 aliphatic carbocycles. The van der Waals surface area contributed by atoms with Crippen molar-refractivity contribution in [3.05, 3.63) is 92.4 Å². The molecule has 18 heteroatoms. The maximum atomic E-state index is 14.3. The van der Waals surface area contributed by atoms with Gasteiger partial charge in [-0.25, -0.2) is 9.97 Å². The van der Waals surface area contributed by atoms with Crippen LogP contribution in [0.25, 0.3) is 17.2 Å². The normalized spacial score (nSPS) is 13.5. The molecule has 5 aromatic rings. The molecule has 0 bridgehead atoms. The van der Waals surface area contributed by atoms with Gasteiger partial charge in [0.1, 0.15) is 18.6 Å². The lowest BCUT2D eigenvalue weighted by atomic mass is 10.1. The Bertz CT molecular complexity index is 2210. The summed E-state index contributed by atoms with van der Waals surface area (Å²) in [5, 5.41) is 20.3. The molecule has 272 valence electrons. The van der Waals surface area contributed by atoms with Crippen molar-refractivity contribution < 1.29 is 27.9 Å². The SMILES string of the molecule is CCc1c(N2CCN(C(=O)c3ncnc(C)c3O)CC2)c(=O)n2nc(-c3ccc(CNC)cc3)nc2n1CC(=O)Nc1ccc(C(F)(F)F)cc1Cl. The molecular weight excluding hydrogens is 705 g/mol. The Kier molecular flexibility index (Phi) is 10.2. The van der Waals surface area contributed by atoms with Crippen LogP contribution >= 0.6 is 11.6 Å². The summed E-state index contributed by atoms with van der Waals surface area (Å²) in [5.41, 5.74) is 1.04. The summed E-state index contributed by atoms with van der Waals surface area (Å²) >= 11 is 6.13. The third kappa shape index (κ3) is 7.13. The Hall–Kier alpha value is -5.55. The van der Waals surface area contributed by atoms with Gasteiger partial charge >= 0.3 is 6.18 Å². The molecule has 0 radical (unpaired) electrons. The highest BCUT2D eigenvalue weighted by atomic mass is 35.5. The van der Waals surface area contributed by atoms with Gasteiger partial charge in [-0.1, -0.05) is 42.8 Å². The fourth-order valence-corrected chi connectivity index (χ4v) is 6.29. The molecule has 1 saturated heterocycles. The lowest BCUT2D eigenvalue weighted by Gasteiger charge is -2.36. The summed E-state index contributed by atoms with van der Waals surface area (Å²) < 4.78 is 42.3. The molecule has 6 rings (SSSR count). The number of carbonyl (C=O) groups excluding carboxylic acids is 2. The zero-order valence-corrected chi connectivity index (χ0v) is 29.1. The van der Waals surface area contributed by atoms with Gasteiger partial charge in [0.05, 0.1) is 27.7 Å². The predicted octanol–water partition coefficient (Wildman–Crippen LogP) is 3.92. The van der Waals surface area contributed by atoms with Gasteiger partial charge in [0.15, 0.2) is 17.3 Å². The van der Waals surface area contributed by atoms with Crippen LogP contribution in [0.3, 0.4) is 0 Å². The number of piperazine rings is 1. The lowest BCUT2D eigenvalue weighted by molar-refractivity contribution is -0.137. The number of aromatic hydroxyl groups is 1. The van der Waals surface area contributed by atoms with Crippen molar-refractivity contribution in [1.82, 2.24) is 39.3 Å². The Labute approximate surface area is 299 Å². The Morgan fingerprint density at radius 2 is 1.75 bits per heavy atom. The molecule has 52 heavy (non-hydrogen) atoms. The largest absolute Gasteiger partial charge is 0.504 e. The quantitative estimate of drug-likeness (QED) is 0.202. The maximum absolute atomic E-state index is 14.3. The number of aromatic nitrogens is 6. The van der Waals surface area contributed by atoms with Crippen molar-refractivity contribution in [2.75, 3.05) is 43.4 Å². The minimum absolute atomic E-state index is 0.0236. The number of nitrogens with zero attached hydrogens (tertiary/aromatic N) is 8. The molecule has 0 unspecified atom stereocenters. The number of amides is 2. The minimum Gasteiger partial charge on any atom is -0.504 e. The van der Waals surface area contributed by atoms with Crippen LogP contribution in [0, 0.1) is 6.92 Å². The molecule has 0 saturated carbocycles. The van der Waals surface area contributed by atoms with Crippen LogP contribution in [0.15, 0.2) is 53.6 Å². The van der Waals surface area contributed by atoms with Crippen LogP contribution in [0.2, 0.25) is 5.02 Å². The third-order valence-corrected chi connectivity index (χ3v) is 9.03. The Morgan fingerprint density at radius 1 is 1.04 bits per heavy atom. The van der Waals surface area contributed by atoms with Crippen molar-refractivity contribution in [2.24, 2.45) is 0 Å². The van der Waals surface area contributed by atoms with E-state index in [0.29, 0.717) is 17.8 Å². The van der Waals surface area contributed by atoms with E-state index in [-0.39, 0.29) is 84.3 Å². The number of carbonyl (C=O) groups is 2. The smallest absolute Gasteiger partial charge is 0.416 e. The average molecular weight is 739 g/mol. The fraction of sp³-hybridized carbons (Fsp3) is 0.324. The number of benzene rings is 2. The van der Waals surface area contributed by atoms with Crippen molar-refractivity contribution >= 4 is 40.6 Å². The summed E-state index contributed by atoms with van der Waals surface area (Å²) in [7, 11) is 1.83. The number of aryl methyl sites for hydroxylation is 1. The molecule has 2 amide bonds. The van der Waals surface area contributed by atoms with Crippen molar-refractivity contribution in [3.8, 4) is 17.1 Å². The van der Waals surface area contributed by atoms with E-state index >= 15 is 0 Å². The minimum atomic E-state index is -4.62. The fourth-order valence-electron chi connectivity index (χ4n) is 6.06. The number of rotatable bonds is 9.